The predicted molar refractivity (Wildman–Crippen MR) is 86.0 cm³/mol. The molecule has 0 amide bonds. The Morgan fingerprint density at radius 1 is 1.20 bits per heavy atom. The van der Waals surface area contributed by atoms with Gasteiger partial charge in [0.05, 0.1) is 5.88 Å². The van der Waals surface area contributed by atoms with Crippen LogP contribution in [0.25, 0.3) is 0 Å². The molecule has 0 fully saturated rings. The lowest BCUT2D eigenvalue weighted by molar-refractivity contribution is 0.313. The Bertz CT molecular complexity index is 587. The molecule has 2 aromatic carbocycles. The van der Waals surface area contributed by atoms with Gasteiger partial charge in [-0.3, -0.25) is 0 Å². The van der Waals surface area contributed by atoms with Crippen molar-refractivity contribution in [1.29, 1.82) is 0 Å². The first-order chi connectivity index (χ1) is 9.78. The number of fused-ring (bicyclic) bond motifs is 1. The molecule has 1 aliphatic rings. The van der Waals surface area contributed by atoms with E-state index in [1.807, 2.05) is 23.9 Å². The SMILES string of the molecule is Cc1cccc(CCl)c1OCC1Cc2ccccc2S1. The number of hydrogen-bond donors (Lipinski definition) is 0. The van der Waals surface area contributed by atoms with Crippen LogP contribution in [0.5, 0.6) is 5.75 Å². The number of alkyl halides is 1. The van der Waals surface area contributed by atoms with Gasteiger partial charge in [0.15, 0.2) is 0 Å². The van der Waals surface area contributed by atoms with Crippen molar-refractivity contribution in [1.82, 2.24) is 0 Å². The van der Waals surface area contributed by atoms with E-state index in [0.29, 0.717) is 11.1 Å². The van der Waals surface area contributed by atoms with Crippen LogP contribution in [0, 0.1) is 6.92 Å². The molecule has 1 aliphatic heterocycles. The number of rotatable bonds is 4. The molecule has 0 N–H and O–H groups in total. The molecular weight excluding hydrogens is 288 g/mol. The maximum absolute atomic E-state index is 6.07. The van der Waals surface area contributed by atoms with Crippen molar-refractivity contribution in [3.63, 3.8) is 0 Å². The van der Waals surface area contributed by atoms with Gasteiger partial charge in [-0.1, -0.05) is 36.4 Å². The highest BCUT2D eigenvalue weighted by atomic mass is 35.5. The minimum absolute atomic E-state index is 0.495. The normalized spacial score (nSPS) is 17.0. The Kier molecular flexibility index (Phi) is 4.23. The van der Waals surface area contributed by atoms with Crippen molar-refractivity contribution in [2.45, 2.75) is 29.4 Å². The Morgan fingerprint density at radius 2 is 2.05 bits per heavy atom. The molecule has 1 unspecified atom stereocenters. The Morgan fingerprint density at radius 3 is 2.85 bits per heavy atom. The van der Waals surface area contributed by atoms with E-state index in [-0.39, 0.29) is 0 Å². The summed E-state index contributed by atoms with van der Waals surface area (Å²) in [4.78, 5) is 1.39. The van der Waals surface area contributed by atoms with Crippen LogP contribution in [0.1, 0.15) is 16.7 Å². The lowest BCUT2D eigenvalue weighted by Crippen LogP contribution is -2.14. The predicted octanol–water partition coefficient (Wildman–Crippen LogP) is 4.83. The van der Waals surface area contributed by atoms with Gasteiger partial charge in [0.2, 0.25) is 0 Å². The van der Waals surface area contributed by atoms with Crippen LogP contribution in [0.15, 0.2) is 47.4 Å². The fraction of sp³-hybridized carbons (Fsp3) is 0.294. The summed E-state index contributed by atoms with van der Waals surface area (Å²) in [6.07, 6.45) is 1.09. The highest BCUT2D eigenvalue weighted by molar-refractivity contribution is 8.00. The maximum Gasteiger partial charge on any atom is 0.126 e. The zero-order valence-corrected chi connectivity index (χ0v) is 13.0. The van der Waals surface area contributed by atoms with Crippen molar-refractivity contribution in [2.24, 2.45) is 0 Å². The Labute approximate surface area is 129 Å². The Hall–Kier alpha value is -1.12. The summed E-state index contributed by atoms with van der Waals surface area (Å²) in [5.74, 6) is 1.45. The summed E-state index contributed by atoms with van der Waals surface area (Å²) in [6.45, 7) is 2.80. The van der Waals surface area contributed by atoms with E-state index in [1.54, 1.807) is 0 Å². The number of thioether (sulfide) groups is 1. The minimum Gasteiger partial charge on any atom is -0.492 e. The van der Waals surface area contributed by atoms with Gasteiger partial charge in [-0.15, -0.1) is 23.4 Å². The third-order valence-corrected chi connectivity index (χ3v) is 5.14. The van der Waals surface area contributed by atoms with E-state index in [4.69, 9.17) is 16.3 Å². The summed E-state index contributed by atoms with van der Waals surface area (Å²) < 4.78 is 6.07. The Balaban J connectivity index is 1.67. The summed E-state index contributed by atoms with van der Waals surface area (Å²) in [5.41, 5.74) is 3.67. The van der Waals surface area contributed by atoms with Gasteiger partial charge in [0.1, 0.15) is 12.4 Å². The standard InChI is InChI=1S/C17H17ClOS/c1-12-5-4-7-14(10-18)17(12)19-11-15-9-13-6-2-3-8-16(13)20-15/h2-8,15H,9-11H2,1H3. The van der Waals surface area contributed by atoms with E-state index in [9.17, 15) is 0 Å². The van der Waals surface area contributed by atoms with Crippen LogP contribution in [-0.2, 0) is 12.3 Å². The maximum atomic E-state index is 6.07. The second-order valence-electron chi connectivity index (χ2n) is 5.06. The first-order valence-corrected chi connectivity index (χ1v) is 8.21. The van der Waals surface area contributed by atoms with Crippen molar-refractivity contribution in [3.05, 3.63) is 59.2 Å². The van der Waals surface area contributed by atoms with E-state index >= 15 is 0 Å². The quantitative estimate of drug-likeness (QED) is 0.748. The lowest BCUT2D eigenvalue weighted by Gasteiger charge is -2.15. The summed E-state index contributed by atoms with van der Waals surface area (Å²) in [6, 6.07) is 14.7. The fourth-order valence-electron chi connectivity index (χ4n) is 2.55. The number of halogens is 1. The van der Waals surface area contributed by atoms with Crippen LogP contribution in [0.3, 0.4) is 0 Å². The number of hydrogen-bond acceptors (Lipinski definition) is 2. The van der Waals surface area contributed by atoms with Crippen LogP contribution in [0.2, 0.25) is 0 Å². The van der Waals surface area contributed by atoms with Crippen LogP contribution >= 0.6 is 23.4 Å². The van der Waals surface area contributed by atoms with E-state index in [1.165, 1.54) is 10.5 Å². The number of benzene rings is 2. The van der Waals surface area contributed by atoms with Crippen molar-refractivity contribution in [2.75, 3.05) is 6.61 Å². The van der Waals surface area contributed by atoms with Gasteiger partial charge in [-0.2, -0.15) is 0 Å². The van der Waals surface area contributed by atoms with Gasteiger partial charge >= 0.3 is 0 Å². The first kappa shape index (κ1) is 13.8. The molecule has 0 saturated heterocycles. The average molecular weight is 305 g/mol. The molecule has 0 aromatic heterocycles. The van der Waals surface area contributed by atoms with Crippen LogP contribution in [-0.4, -0.2) is 11.9 Å². The zero-order chi connectivity index (χ0) is 13.9. The van der Waals surface area contributed by atoms with E-state index in [0.717, 1.165) is 29.9 Å². The molecule has 0 saturated carbocycles. The van der Waals surface area contributed by atoms with Gasteiger partial charge in [0.25, 0.3) is 0 Å². The average Bonchev–Trinajstić information content (AvgIpc) is 2.88. The third kappa shape index (κ3) is 2.82. The van der Waals surface area contributed by atoms with Gasteiger partial charge in [-0.05, 0) is 30.5 Å². The molecule has 104 valence electrons. The smallest absolute Gasteiger partial charge is 0.126 e. The van der Waals surface area contributed by atoms with Crippen molar-refractivity contribution >= 4 is 23.4 Å². The van der Waals surface area contributed by atoms with Gasteiger partial charge in [-0.25, -0.2) is 0 Å². The summed E-state index contributed by atoms with van der Waals surface area (Å²) in [5, 5.41) is 0.496. The molecule has 1 heterocycles. The zero-order valence-electron chi connectivity index (χ0n) is 11.4. The highest BCUT2D eigenvalue weighted by Crippen LogP contribution is 2.37. The molecule has 1 atom stereocenters. The molecule has 1 nitrogen and oxygen atoms in total. The second kappa shape index (κ2) is 6.11. The lowest BCUT2D eigenvalue weighted by atomic mass is 10.1. The van der Waals surface area contributed by atoms with Crippen molar-refractivity contribution < 1.29 is 4.74 Å². The molecule has 0 spiro atoms. The van der Waals surface area contributed by atoms with Gasteiger partial charge < -0.3 is 4.74 Å². The largest absolute Gasteiger partial charge is 0.492 e. The minimum atomic E-state index is 0.495. The summed E-state index contributed by atoms with van der Waals surface area (Å²) in [7, 11) is 0. The molecule has 0 bridgehead atoms. The molecule has 20 heavy (non-hydrogen) atoms. The fourth-order valence-corrected chi connectivity index (χ4v) is 3.98. The monoisotopic (exact) mass is 304 g/mol. The topological polar surface area (TPSA) is 9.23 Å². The molecule has 2 aromatic rings. The number of para-hydroxylation sites is 1. The van der Waals surface area contributed by atoms with Crippen LogP contribution < -0.4 is 4.74 Å². The molecule has 0 radical (unpaired) electrons. The molecule has 3 heteroatoms. The van der Waals surface area contributed by atoms with Crippen molar-refractivity contribution in [3.8, 4) is 5.75 Å². The van der Waals surface area contributed by atoms with Crippen LogP contribution in [0.4, 0.5) is 0 Å². The van der Waals surface area contributed by atoms with E-state index < -0.39 is 0 Å². The molecule has 3 rings (SSSR count). The molecule has 0 aliphatic carbocycles. The summed E-state index contributed by atoms with van der Waals surface area (Å²) >= 11 is 7.90. The third-order valence-electron chi connectivity index (χ3n) is 3.56. The van der Waals surface area contributed by atoms with Gasteiger partial charge in [0, 0.05) is 15.7 Å². The number of ether oxygens (including phenoxy) is 1. The molecular formula is C17H17ClOS. The highest BCUT2D eigenvalue weighted by Gasteiger charge is 2.22. The second-order valence-corrected chi connectivity index (χ2v) is 6.67. The first-order valence-electron chi connectivity index (χ1n) is 6.79. The number of aryl methyl sites for hydroxylation is 1. The van der Waals surface area contributed by atoms with E-state index in [2.05, 4.69) is 37.3 Å².